The third-order valence-electron chi connectivity index (χ3n) is 3.71. The predicted molar refractivity (Wildman–Crippen MR) is 110 cm³/mol. The second kappa shape index (κ2) is 9.11. The smallest absolute Gasteiger partial charge is 0.321 e. The van der Waals surface area contributed by atoms with Gasteiger partial charge in [-0.3, -0.25) is 14.9 Å². The lowest BCUT2D eigenvalue weighted by atomic mass is 10.2. The van der Waals surface area contributed by atoms with Crippen LogP contribution >= 0.6 is 11.3 Å². The van der Waals surface area contributed by atoms with Crippen molar-refractivity contribution in [3.8, 4) is 0 Å². The number of hydrogen-bond acceptors (Lipinski definition) is 5. The van der Waals surface area contributed by atoms with Crippen molar-refractivity contribution in [2.24, 2.45) is 0 Å². The van der Waals surface area contributed by atoms with E-state index < -0.39 is 17.8 Å². The molecule has 0 bridgehead atoms. The highest BCUT2D eigenvalue weighted by Gasteiger charge is 2.09. The quantitative estimate of drug-likeness (QED) is 0.464. The summed E-state index contributed by atoms with van der Waals surface area (Å²) in [5, 5.41) is 10.9. The fraction of sp³-hybridized carbons (Fsp3) is 0.158. The Morgan fingerprint density at radius 1 is 1.03 bits per heavy atom. The first-order valence-corrected chi connectivity index (χ1v) is 9.49. The van der Waals surface area contributed by atoms with Crippen molar-refractivity contribution in [2.45, 2.75) is 6.92 Å². The topological polar surface area (TPSA) is 112 Å². The first kappa shape index (κ1) is 20.2. The van der Waals surface area contributed by atoms with E-state index in [4.69, 9.17) is 0 Å². The first-order valence-electron chi connectivity index (χ1n) is 8.67. The fourth-order valence-electron chi connectivity index (χ4n) is 2.48. The van der Waals surface area contributed by atoms with Crippen LogP contribution in [0.15, 0.2) is 42.5 Å². The van der Waals surface area contributed by atoms with Gasteiger partial charge in [0.2, 0.25) is 5.91 Å². The molecule has 3 rings (SSSR count). The van der Waals surface area contributed by atoms with E-state index in [1.165, 1.54) is 36.5 Å². The van der Waals surface area contributed by atoms with E-state index in [2.05, 4.69) is 26.3 Å². The number of rotatable bonds is 6. The summed E-state index contributed by atoms with van der Waals surface area (Å²) >= 11 is 1.27. The Balaban J connectivity index is 1.46. The molecule has 2 aromatic carbocycles. The number of thiazole rings is 1. The van der Waals surface area contributed by atoms with Crippen LogP contribution in [0.1, 0.15) is 17.3 Å². The van der Waals surface area contributed by atoms with E-state index in [9.17, 15) is 18.8 Å². The molecular formula is C19H18FN5O3S. The second-order valence-corrected chi connectivity index (χ2v) is 7.06. The normalized spacial score (nSPS) is 10.4. The Morgan fingerprint density at radius 3 is 2.59 bits per heavy atom. The predicted octanol–water partition coefficient (Wildman–Crippen LogP) is 2.95. The van der Waals surface area contributed by atoms with Crippen LogP contribution in [0.4, 0.5) is 20.0 Å². The van der Waals surface area contributed by atoms with Gasteiger partial charge in [0.15, 0.2) is 5.13 Å². The van der Waals surface area contributed by atoms with Crippen molar-refractivity contribution in [3.05, 3.63) is 53.8 Å². The molecule has 4 N–H and O–H groups in total. The second-order valence-electron chi connectivity index (χ2n) is 6.03. The minimum atomic E-state index is -0.491. The standard InChI is InChI=1S/C19H18FN5O3S/c1-11(26)23-14-5-6-15-16(10-14)29-19(24-15)25-18(28)22-8-7-21-17(27)12-3-2-4-13(20)9-12/h2-6,9-10H,7-8H2,1H3,(H,21,27)(H,23,26)(H2,22,24,25,28). The van der Waals surface area contributed by atoms with Gasteiger partial charge in [0, 0.05) is 31.3 Å². The third-order valence-corrected chi connectivity index (χ3v) is 4.65. The number of fused-ring (bicyclic) bond motifs is 1. The Bertz CT molecular complexity index is 1070. The first-order chi connectivity index (χ1) is 13.9. The summed E-state index contributed by atoms with van der Waals surface area (Å²) < 4.78 is 13.9. The summed E-state index contributed by atoms with van der Waals surface area (Å²) in [6, 6.07) is 10.1. The average Bonchev–Trinajstić information content (AvgIpc) is 3.06. The zero-order valence-electron chi connectivity index (χ0n) is 15.4. The van der Waals surface area contributed by atoms with E-state index in [0.29, 0.717) is 16.3 Å². The van der Waals surface area contributed by atoms with E-state index in [1.807, 2.05) is 0 Å². The van der Waals surface area contributed by atoms with Gasteiger partial charge < -0.3 is 16.0 Å². The molecule has 10 heteroatoms. The molecule has 1 heterocycles. The fourth-order valence-corrected chi connectivity index (χ4v) is 3.38. The molecule has 0 spiro atoms. The van der Waals surface area contributed by atoms with Crippen LogP contribution in [0, 0.1) is 5.82 Å². The van der Waals surface area contributed by atoms with Gasteiger partial charge in [-0.05, 0) is 36.4 Å². The SMILES string of the molecule is CC(=O)Nc1ccc2nc(NC(=O)NCCNC(=O)c3cccc(F)c3)sc2c1. The minimum absolute atomic E-state index is 0.170. The van der Waals surface area contributed by atoms with Crippen molar-refractivity contribution < 1.29 is 18.8 Å². The van der Waals surface area contributed by atoms with Crippen molar-refractivity contribution >= 4 is 50.2 Å². The van der Waals surface area contributed by atoms with Crippen molar-refractivity contribution in [1.82, 2.24) is 15.6 Å². The molecule has 0 fully saturated rings. The van der Waals surface area contributed by atoms with Crippen LogP contribution in [0.25, 0.3) is 10.2 Å². The number of nitrogens with one attached hydrogen (secondary N) is 4. The highest BCUT2D eigenvalue weighted by atomic mass is 32.1. The Morgan fingerprint density at radius 2 is 1.83 bits per heavy atom. The van der Waals surface area contributed by atoms with Gasteiger partial charge in [-0.2, -0.15) is 0 Å². The maximum atomic E-state index is 13.1. The zero-order chi connectivity index (χ0) is 20.8. The Kier molecular flexibility index (Phi) is 6.35. The lowest BCUT2D eigenvalue weighted by Crippen LogP contribution is -2.36. The summed E-state index contributed by atoms with van der Waals surface area (Å²) in [6.07, 6.45) is 0. The molecule has 29 heavy (non-hydrogen) atoms. The van der Waals surface area contributed by atoms with Gasteiger partial charge in [0.1, 0.15) is 5.82 Å². The van der Waals surface area contributed by atoms with Crippen molar-refractivity contribution in [1.29, 1.82) is 0 Å². The molecule has 0 unspecified atom stereocenters. The summed E-state index contributed by atoms with van der Waals surface area (Å²) in [5.74, 6) is -1.08. The van der Waals surface area contributed by atoms with Gasteiger partial charge in [0.25, 0.3) is 5.91 Å². The van der Waals surface area contributed by atoms with Crippen LogP contribution in [-0.4, -0.2) is 35.9 Å². The summed E-state index contributed by atoms with van der Waals surface area (Å²) in [5.41, 5.74) is 1.56. The molecule has 0 saturated carbocycles. The van der Waals surface area contributed by atoms with Gasteiger partial charge in [-0.15, -0.1) is 0 Å². The average molecular weight is 415 g/mol. The molecule has 1 aromatic heterocycles. The van der Waals surface area contributed by atoms with E-state index in [1.54, 1.807) is 18.2 Å². The number of carbonyl (C=O) groups excluding carboxylic acids is 3. The van der Waals surface area contributed by atoms with Crippen LogP contribution in [0.5, 0.6) is 0 Å². The number of amides is 4. The third kappa shape index (κ3) is 5.72. The number of urea groups is 1. The highest BCUT2D eigenvalue weighted by molar-refractivity contribution is 7.22. The Hall–Kier alpha value is -3.53. The molecule has 8 nitrogen and oxygen atoms in total. The van der Waals surface area contributed by atoms with Gasteiger partial charge in [-0.25, -0.2) is 14.2 Å². The zero-order valence-corrected chi connectivity index (χ0v) is 16.2. The van der Waals surface area contributed by atoms with Gasteiger partial charge >= 0.3 is 6.03 Å². The van der Waals surface area contributed by atoms with Crippen molar-refractivity contribution in [2.75, 3.05) is 23.7 Å². The molecule has 0 atom stereocenters. The lowest BCUT2D eigenvalue weighted by Gasteiger charge is -2.07. The van der Waals surface area contributed by atoms with Gasteiger partial charge in [0.05, 0.1) is 10.2 Å². The van der Waals surface area contributed by atoms with Crippen molar-refractivity contribution in [3.63, 3.8) is 0 Å². The van der Waals surface area contributed by atoms with Crippen LogP contribution in [0.3, 0.4) is 0 Å². The molecular weight excluding hydrogens is 397 g/mol. The molecule has 0 saturated heterocycles. The van der Waals surface area contributed by atoms with E-state index in [-0.39, 0.29) is 24.6 Å². The maximum absolute atomic E-state index is 13.1. The molecule has 0 radical (unpaired) electrons. The van der Waals surface area contributed by atoms with Gasteiger partial charge in [-0.1, -0.05) is 17.4 Å². The number of anilines is 2. The van der Waals surface area contributed by atoms with Crippen LogP contribution in [-0.2, 0) is 4.79 Å². The van der Waals surface area contributed by atoms with E-state index >= 15 is 0 Å². The molecule has 0 aliphatic heterocycles. The molecule has 0 aliphatic carbocycles. The Labute approximate surface area is 169 Å². The summed E-state index contributed by atoms with van der Waals surface area (Å²) in [7, 11) is 0. The number of halogens is 1. The summed E-state index contributed by atoms with van der Waals surface area (Å²) in [4.78, 5) is 39.3. The van der Waals surface area contributed by atoms with E-state index in [0.717, 1.165) is 10.8 Å². The largest absolute Gasteiger partial charge is 0.350 e. The van der Waals surface area contributed by atoms with Crippen LogP contribution < -0.4 is 21.3 Å². The number of nitrogens with zero attached hydrogens (tertiary/aromatic N) is 1. The molecule has 4 amide bonds. The number of hydrogen-bond donors (Lipinski definition) is 4. The van der Waals surface area contributed by atoms with Crippen LogP contribution in [0.2, 0.25) is 0 Å². The molecule has 150 valence electrons. The molecule has 3 aromatic rings. The number of aromatic nitrogens is 1. The lowest BCUT2D eigenvalue weighted by molar-refractivity contribution is -0.114. The molecule has 0 aliphatic rings. The maximum Gasteiger partial charge on any atom is 0.321 e. The minimum Gasteiger partial charge on any atom is -0.350 e. The highest BCUT2D eigenvalue weighted by Crippen LogP contribution is 2.28. The summed E-state index contributed by atoms with van der Waals surface area (Å²) in [6.45, 7) is 1.79. The monoisotopic (exact) mass is 415 g/mol. The number of carbonyl (C=O) groups is 3. The number of benzene rings is 2.